The molecule has 1 aliphatic heterocycles. The average molecular weight is 223 g/mol. The lowest BCUT2D eigenvalue weighted by Crippen LogP contribution is -2.44. The van der Waals surface area contributed by atoms with E-state index in [1.807, 2.05) is 25.8 Å². The van der Waals surface area contributed by atoms with Crippen molar-refractivity contribution in [2.75, 3.05) is 20.2 Å². The van der Waals surface area contributed by atoms with Crippen LogP contribution in [0.4, 0.5) is 8.78 Å². The molecule has 0 saturated carbocycles. The van der Waals surface area contributed by atoms with E-state index in [4.69, 9.17) is 4.74 Å². The van der Waals surface area contributed by atoms with Gasteiger partial charge in [0.15, 0.2) is 0 Å². The van der Waals surface area contributed by atoms with E-state index in [1.54, 1.807) is 0 Å². The second-order valence-corrected chi connectivity index (χ2v) is 3.86. The predicted molar refractivity (Wildman–Crippen MR) is 53.0 cm³/mol. The number of halogens is 2. The highest BCUT2D eigenvalue weighted by molar-refractivity contribution is 4.90. The average Bonchev–Trinajstić information content (AvgIpc) is 2.46. The normalized spacial score (nSPS) is 30.0. The molecule has 0 unspecified atom stereocenters. The summed E-state index contributed by atoms with van der Waals surface area (Å²) < 4.78 is 34.4. The monoisotopic (exact) mass is 223 g/mol. The number of hydrogen-bond donors (Lipinski definition) is 0. The fourth-order valence-electron chi connectivity index (χ4n) is 2.24. The molecule has 0 spiro atoms. The molecular weight excluding hydrogens is 204 g/mol. The molecule has 0 aliphatic carbocycles. The van der Waals surface area contributed by atoms with E-state index < -0.39 is 12.7 Å². The highest BCUT2D eigenvalue weighted by Gasteiger charge is 2.38. The van der Waals surface area contributed by atoms with Crippen LogP contribution in [0, 0.1) is 0 Å². The van der Waals surface area contributed by atoms with Gasteiger partial charge in [-0.1, -0.05) is 0 Å². The Bertz CT molecular complexity index is 192. The molecule has 0 aromatic carbocycles. The molecule has 1 saturated heterocycles. The molecule has 0 amide bonds. The van der Waals surface area contributed by atoms with Crippen LogP contribution in [0.1, 0.15) is 20.3 Å². The van der Waals surface area contributed by atoms with Crippen LogP contribution in [0.5, 0.6) is 0 Å². The highest BCUT2D eigenvalue weighted by Crippen LogP contribution is 2.25. The van der Waals surface area contributed by atoms with Crippen molar-refractivity contribution in [1.29, 1.82) is 0 Å². The van der Waals surface area contributed by atoms with Crippen LogP contribution in [0.2, 0.25) is 0 Å². The number of likely N-dealkylation sites (tertiary alicyclic amines) is 1. The van der Waals surface area contributed by atoms with Gasteiger partial charge in [-0.15, -0.1) is 0 Å². The van der Waals surface area contributed by atoms with Crippen LogP contribution in [0.25, 0.3) is 0 Å². The van der Waals surface area contributed by atoms with E-state index in [1.165, 1.54) is 0 Å². The van der Waals surface area contributed by atoms with Gasteiger partial charge in [0.05, 0.1) is 18.2 Å². The van der Waals surface area contributed by atoms with E-state index in [0.29, 0.717) is 13.0 Å². The van der Waals surface area contributed by atoms with Gasteiger partial charge in [0.1, 0.15) is 0 Å². The van der Waals surface area contributed by atoms with Gasteiger partial charge in [0.25, 0.3) is 0 Å². The Balaban J connectivity index is 2.55. The Kier molecular flexibility index (Phi) is 4.89. The molecule has 1 aliphatic rings. The van der Waals surface area contributed by atoms with Crippen LogP contribution >= 0.6 is 0 Å². The first-order valence-electron chi connectivity index (χ1n) is 5.31. The first kappa shape index (κ1) is 12.8. The topological polar surface area (TPSA) is 21.7 Å². The maximum absolute atomic E-state index is 12.2. The summed E-state index contributed by atoms with van der Waals surface area (Å²) in [6.07, 6.45) is 0.144. The Labute approximate surface area is 89.3 Å². The lowest BCUT2D eigenvalue weighted by Gasteiger charge is -2.30. The minimum absolute atomic E-state index is 0.0704. The fraction of sp³-hybridized carbons (Fsp3) is 1.00. The summed E-state index contributed by atoms with van der Waals surface area (Å²) >= 11 is 0. The lowest BCUT2D eigenvalue weighted by molar-refractivity contribution is -0.176. The van der Waals surface area contributed by atoms with Crippen molar-refractivity contribution in [2.24, 2.45) is 0 Å². The third kappa shape index (κ3) is 3.36. The van der Waals surface area contributed by atoms with Crippen molar-refractivity contribution in [3.05, 3.63) is 0 Å². The second kappa shape index (κ2) is 5.72. The molecule has 15 heavy (non-hydrogen) atoms. The van der Waals surface area contributed by atoms with E-state index >= 15 is 0 Å². The summed E-state index contributed by atoms with van der Waals surface area (Å²) in [6, 6.07) is -0.0704. The summed E-state index contributed by atoms with van der Waals surface area (Å²) in [4.78, 5) is 2.02. The van der Waals surface area contributed by atoms with Gasteiger partial charge in [-0.2, -0.15) is 8.78 Å². The van der Waals surface area contributed by atoms with Gasteiger partial charge in [-0.25, -0.2) is 0 Å². The SMILES string of the molecule is CCO[C@@H](C)[C@@H]1[C@@H](OC(F)F)CCN1C. The molecule has 1 fully saturated rings. The number of rotatable bonds is 5. The number of likely N-dealkylation sites (N-methyl/N-ethyl adjacent to an activating group) is 1. The molecule has 3 atom stereocenters. The minimum Gasteiger partial charge on any atom is -0.377 e. The number of nitrogens with zero attached hydrogens (tertiary/aromatic N) is 1. The van der Waals surface area contributed by atoms with Crippen molar-refractivity contribution in [3.63, 3.8) is 0 Å². The Morgan fingerprint density at radius 1 is 1.47 bits per heavy atom. The van der Waals surface area contributed by atoms with Gasteiger partial charge in [0.2, 0.25) is 0 Å². The molecular formula is C10H19F2NO2. The zero-order chi connectivity index (χ0) is 11.4. The molecule has 0 radical (unpaired) electrons. The summed E-state index contributed by atoms with van der Waals surface area (Å²) in [6.45, 7) is 2.47. The summed E-state index contributed by atoms with van der Waals surface area (Å²) in [7, 11) is 1.91. The Morgan fingerprint density at radius 2 is 2.13 bits per heavy atom. The third-order valence-electron chi connectivity index (χ3n) is 2.84. The van der Waals surface area contributed by atoms with Gasteiger partial charge < -0.3 is 9.47 Å². The van der Waals surface area contributed by atoms with Crippen molar-refractivity contribution in [1.82, 2.24) is 4.90 Å². The summed E-state index contributed by atoms with van der Waals surface area (Å²) in [5.74, 6) is 0. The molecule has 0 bridgehead atoms. The highest BCUT2D eigenvalue weighted by atomic mass is 19.3. The van der Waals surface area contributed by atoms with Crippen LogP contribution in [-0.4, -0.2) is 50.0 Å². The molecule has 5 heteroatoms. The van der Waals surface area contributed by atoms with Crippen molar-refractivity contribution < 1.29 is 18.3 Å². The quantitative estimate of drug-likeness (QED) is 0.708. The van der Waals surface area contributed by atoms with Crippen molar-refractivity contribution >= 4 is 0 Å². The van der Waals surface area contributed by atoms with E-state index in [2.05, 4.69) is 4.74 Å². The Hall–Kier alpha value is -0.260. The van der Waals surface area contributed by atoms with Crippen LogP contribution < -0.4 is 0 Å². The molecule has 3 nitrogen and oxygen atoms in total. The number of alkyl halides is 2. The van der Waals surface area contributed by atoms with E-state index in [-0.39, 0.29) is 12.1 Å². The first-order chi connectivity index (χ1) is 7.06. The maximum Gasteiger partial charge on any atom is 0.345 e. The first-order valence-corrected chi connectivity index (χ1v) is 5.31. The molecule has 0 N–H and O–H groups in total. The van der Waals surface area contributed by atoms with Gasteiger partial charge in [-0.3, -0.25) is 4.90 Å². The van der Waals surface area contributed by atoms with E-state index in [9.17, 15) is 8.78 Å². The van der Waals surface area contributed by atoms with Gasteiger partial charge >= 0.3 is 6.61 Å². The largest absolute Gasteiger partial charge is 0.377 e. The summed E-state index contributed by atoms with van der Waals surface area (Å²) in [5, 5.41) is 0. The molecule has 90 valence electrons. The van der Waals surface area contributed by atoms with Gasteiger partial charge in [-0.05, 0) is 27.3 Å². The van der Waals surface area contributed by atoms with Crippen LogP contribution in [-0.2, 0) is 9.47 Å². The second-order valence-electron chi connectivity index (χ2n) is 3.86. The number of hydrogen-bond acceptors (Lipinski definition) is 3. The molecule has 1 rings (SSSR count). The third-order valence-corrected chi connectivity index (χ3v) is 2.84. The van der Waals surface area contributed by atoms with Gasteiger partial charge in [0, 0.05) is 13.2 Å². The smallest absolute Gasteiger partial charge is 0.345 e. The fourth-order valence-corrected chi connectivity index (χ4v) is 2.24. The number of ether oxygens (including phenoxy) is 2. The van der Waals surface area contributed by atoms with E-state index in [0.717, 1.165) is 6.54 Å². The van der Waals surface area contributed by atoms with Crippen molar-refractivity contribution in [2.45, 2.75) is 45.1 Å². The zero-order valence-electron chi connectivity index (χ0n) is 9.45. The van der Waals surface area contributed by atoms with Crippen LogP contribution in [0.3, 0.4) is 0 Å². The van der Waals surface area contributed by atoms with Crippen LogP contribution in [0.15, 0.2) is 0 Å². The molecule has 0 aromatic heterocycles. The summed E-state index contributed by atoms with van der Waals surface area (Å²) in [5.41, 5.74) is 0. The minimum atomic E-state index is -2.70. The maximum atomic E-state index is 12.2. The zero-order valence-corrected chi connectivity index (χ0v) is 9.45. The molecule has 0 aromatic rings. The standard InChI is InChI=1S/C10H19F2NO2/c1-4-14-7(2)9-8(15-10(11)12)5-6-13(9)3/h7-10H,4-6H2,1-3H3/t7-,8-,9+/m0/s1. The lowest BCUT2D eigenvalue weighted by atomic mass is 10.1. The van der Waals surface area contributed by atoms with Crippen molar-refractivity contribution in [3.8, 4) is 0 Å². The Morgan fingerprint density at radius 3 is 2.67 bits per heavy atom. The predicted octanol–water partition coefficient (Wildman–Crippen LogP) is 1.72. The molecule has 1 heterocycles.